The van der Waals surface area contributed by atoms with Crippen molar-refractivity contribution >= 4 is 5.96 Å². The van der Waals surface area contributed by atoms with Crippen LogP contribution < -0.4 is 15.2 Å². The van der Waals surface area contributed by atoms with Gasteiger partial charge in [-0.1, -0.05) is 12.1 Å². The number of nitrogens with two attached hydrogens (primary N) is 1. The number of nitrogens with zero attached hydrogens (tertiary/aromatic N) is 1. The summed E-state index contributed by atoms with van der Waals surface area (Å²) >= 11 is 0. The molecule has 3 N–H and O–H groups in total. The van der Waals surface area contributed by atoms with Crippen molar-refractivity contribution in [1.29, 1.82) is 5.41 Å². The molecule has 0 saturated heterocycles. The molecule has 0 aliphatic carbocycles. The topological polar surface area (TPSA) is 71.6 Å². The maximum Gasteiger partial charge on any atom is 0.208 e. The molecule has 0 fully saturated rings. The van der Waals surface area contributed by atoms with Crippen molar-refractivity contribution in [1.82, 2.24) is 4.90 Å². The second kappa shape index (κ2) is 3.68. The monoisotopic (exact) mass is 207 g/mol. The highest BCUT2D eigenvalue weighted by molar-refractivity contribution is 5.74. The van der Waals surface area contributed by atoms with Gasteiger partial charge in [-0.2, -0.15) is 0 Å². The van der Waals surface area contributed by atoms with Crippen molar-refractivity contribution < 1.29 is 9.47 Å². The van der Waals surface area contributed by atoms with Gasteiger partial charge >= 0.3 is 0 Å². The van der Waals surface area contributed by atoms with Gasteiger partial charge in [0, 0.05) is 7.05 Å². The molecule has 15 heavy (non-hydrogen) atoms. The molecular formula is C10H13N3O2. The third-order valence-electron chi connectivity index (χ3n) is 2.31. The summed E-state index contributed by atoms with van der Waals surface area (Å²) in [6.07, 6.45) is -0.336. The van der Waals surface area contributed by atoms with Crippen LogP contribution in [0.4, 0.5) is 0 Å². The van der Waals surface area contributed by atoms with Gasteiger partial charge in [0.1, 0.15) is 6.61 Å². The lowest BCUT2D eigenvalue weighted by molar-refractivity contribution is 0.0180. The van der Waals surface area contributed by atoms with Crippen LogP contribution in [-0.4, -0.2) is 30.7 Å². The molecule has 0 saturated carbocycles. The van der Waals surface area contributed by atoms with Gasteiger partial charge in [-0.05, 0) is 12.1 Å². The number of fused-ring (bicyclic) bond motifs is 1. The zero-order valence-electron chi connectivity index (χ0n) is 8.43. The van der Waals surface area contributed by atoms with Gasteiger partial charge in [-0.25, -0.2) is 0 Å². The summed E-state index contributed by atoms with van der Waals surface area (Å²) < 4.78 is 11.1. The predicted molar refractivity (Wildman–Crippen MR) is 56.0 cm³/mol. The molecule has 1 aliphatic heterocycles. The van der Waals surface area contributed by atoms with E-state index < -0.39 is 0 Å². The molecule has 80 valence electrons. The van der Waals surface area contributed by atoms with E-state index in [-0.39, 0.29) is 12.2 Å². The van der Waals surface area contributed by atoms with Gasteiger partial charge in [0.25, 0.3) is 0 Å². The average Bonchev–Trinajstić information content (AvgIpc) is 2.27. The fourth-order valence-electron chi connectivity index (χ4n) is 1.35. The van der Waals surface area contributed by atoms with Gasteiger partial charge < -0.3 is 20.1 Å². The van der Waals surface area contributed by atoms with Crippen LogP contribution in [-0.2, 0) is 0 Å². The molecule has 1 heterocycles. The summed E-state index contributed by atoms with van der Waals surface area (Å²) in [4.78, 5) is 1.52. The van der Waals surface area contributed by atoms with Crippen LogP contribution in [0.5, 0.6) is 11.5 Å². The normalized spacial score (nSPS) is 18.3. The number of hydrogen-bond acceptors (Lipinski definition) is 3. The zero-order valence-corrected chi connectivity index (χ0v) is 8.43. The summed E-state index contributed by atoms with van der Waals surface area (Å²) in [7, 11) is 1.70. The van der Waals surface area contributed by atoms with Crippen LogP contribution in [0.15, 0.2) is 24.3 Å². The molecule has 1 aromatic carbocycles. The van der Waals surface area contributed by atoms with Crippen LogP contribution in [0.3, 0.4) is 0 Å². The molecule has 0 amide bonds. The lowest BCUT2D eigenvalue weighted by atomic mass is 10.3. The Hall–Kier alpha value is -1.91. The van der Waals surface area contributed by atoms with E-state index >= 15 is 0 Å². The maximum atomic E-state index is 7.29. The molecule has 2 rings (SSSR count). The quantitative estimate of drug-likeness (QED) is 0.523. The van der Waals surface area contributed by atoms with Gasteiger partial charge in [-0.15, -0.1) is 0 Å². The minimum atomic E-state index is -0.336. The summed E-state index contributed by atoms with van der Waals surface area (Å²) in [6.45, 7) is 0.368. The molecule has 1 unspecified atom stereocenters. The highest BCUT2D eigenvalue weighted by atomic mass is 16.6. The van der Waals surface area contributed by atoms with Crippen LogP contribution in [0.1, 0.15) is 0 Å². The van der Waals surface area contributed by atoms with Crippen molar-refractivity contribution in [3.8, 4) is 11.5 Å². The fourth-order valence-corrected chi connectivity index (χ4v) is 1.35. The van der Waals surface area contributed by atoms with E-state index in [9.17, 15) is 0 Å². The van der Waals surface area contributed by atoms with E-state index in [1.165, 1.54) is 4.90 Å². The third kappa shape index (κ3) is 1.81. The minimum Gasteiger partial charge on any atom is -0.484 e. The van der Waals surface area contributed by atoms with E-state index in [4.69, 9.17) is 20.6 Å². The molecule has 5 heteroatoms. The Bertz CT molecular complexity index is 381. The maximum absolute atomic E-state index is 7.29. The first-order valence-electron chi connectivity index (χ1n) is 4.64. The lowest BCUT2D eigenvalue weighted by Gasteiger charge is -2.32. The average molecular weight is 207 g/mol. The first kappa shape index (κ1) is 9.64. The van der Waals surface area contributed by atoms with Crippen molar-refractivity contribution in [2.75, 3.05) is 13.7 Å². The predicted octanol–water partition coefficient (Wildman–Crippen LogP) is 0.609. The Morgan fingerprint density at radius 3 is 2.80 bits per heavy atom. The number of guanidine groups is 1. The molecule has 0 radical (unpaired) electrons. The van der Waals surface area contributed by atoms with Crippen LogP contribution in [0.25, 0.3) is 0 Å². The third-order valence-corrected chi connectivity index (χ3v) is 2.31. The molecule has 0 bridgehead atoms. The van der Waals surface area contributed by atoms with E-state index in [1.807, 2.05) is 24.3 Å². The molecule has 1 atom stereocenters. The second-order valence-electron chi connectivity index (χ2n) is 3.33. The number of hydrogen-bond donors (Lipinski definition) is 2. The number of ether oxygens (including phenoxy) is 2. The van der Waals surface area contributed by atoms with E-state index in [2.05, 4.69) is 0 Å². The molecule has 1 aromatic rings. The number of rotatable bonds is 1. The van der Waals surface area contributed by atoms with Gasteiger partial charge in [0.05, 0.1) is 0 Å². The van der Waals surface area contributed by atoms with Crippen LogP contribution >= 0.6 is 0 Å². The standard InChI is InChI=1S/C10H13N3O2/c1-13(10(11)12)9-6-14-7-4-2-3-5-8(7)15-9/h2-5,9H,6H2,1H3,(H3,11,12). The van der Waals surface area contributed by atoms with Gasteiger partial charge in [0.2, 0.25) is 6.23 Å². The van der Waals surface area contributed by atoms with Crippen LogP contribution in [0, 0.1) is 5.41 Å². The highest BCUT2D eigenvalue weighted by Gasteiger charge is 2.24. The fraction of sp³-hybridized carbons (Fsp3) is 0.300. The summed E-state index contributed by atoms with van der Waals surface area (Å²) in [5.74, 6) is 1.37. The highest BCUT2D eigenvalue weighted by Crippen LogP contribution is 2.31. The molecular weight excluding hydrogens is 194 g/mol. The minimum absolute atomic E-state index is 0.0389. The van der Waals surface area contributed by atoms with Crippen molar-refractivity contribution in [2.24, 2.45) is 5.73 Å². The second-order valence-corrected chi connectivity index (χ2v) is 3.33. The number of nitrogens with one attached hydrogen (secondary N) is 1. The lowest BCUT2D eigenvalue weighted by Crippen LogP contribution is -2.48. The Balaban J connectivity index is 2.15. The largest absolute Gasteiger partial charge is 0.484 e. The summed E-state index contributed by atoms with van der Waals surface area (Å²) in [5, 5.41) is 7.29. The Morgan fingerprint density at radius 2 is 2.13 bits per heavy atom. The molecule has 1 aliphatic rings. The number of likely N-dealkylation sites (N-methyl/N-ethyl adjacent to an activating group) is 1. The zero-order chi connectivity index (χ0) is 10.8. The van der Waals surface area contributed by atoms with Crippen molar-refractivity contribution in [2.45, 2.75) is 6.23 Å². The smallest absolute Gasteiger partial charge is 0.208 e. The Kier molecular flexibility index (Phi) is 2.37. The Labute approximate surface area is 87.9 Å². The van der Waals surface area contributed by atoms with Crippen LogP contribution in [0.2, 0.25) is 0 Å². The molecule has 0 aromatic heterocycles. The SMILES string of the molecule is CN(C(=N)N)C1COc2ccccc2O1. The first-order chi connectivity index (χ1) is 7.18. The summed E-state index contributed by atoms with van der Waals surface area (Å²) in [6, 6.07) is 7.43. The van der Waals surface area contributed by atoms with E-state index in [0.717, 1.165) is 5.75 Å². The molecule has 5 nitrogen and oxygen atoms in total. The first-order valence-corrected chi connectivity index (χ1v) is 4.64. The van der Waals surface area contributed by atoms with E-state index in [0.29, 0.717) is 12.4 Å². The number of para-hydroxylation sites is 2. The van der Waals surface area contributed by atoms with Gasteiger partial charge in [-0.3, -0.25) is 5.41 Å². The van der Waals surface area contributed by atoms with Crippen molar-refractivity contribution in [3.63, 3.8) is 0 Å². The Morgan fingerprint density at radius 1 is 1.47 bits per heavy atom. The van der Waals surface area contributed by atoms with Crippen molar-refractivity contribution in [3.05, 3.63) is 24.3 Å². The summed E-state index contributed by atoms with van der Waals surface area (Å²) in [5.41, 5.74) is 5.36. The van der Waals surface area contributed by atoms with E-state index in [1.54, 1.807) is 7.05 Å². The van der Waals surface area contributed by atoms with Gasteiger partial charge in [0.15, 0.2) is 17.5 Å². The number of benzene rings is 1. The molecule has 0 spiro atoms.